The summed E-state index contributed by atoms with van der Waals surface area (Å²) in [5.74, 6) is 0. The Hall–Kier alpha value is -0.520. The molecule has 0 atom stereocenters. The third-order valence-corrected chi connectivity index (χ3v) is 0.725. The lowest BCUT2D eigenvalue weighted by molar-refractivity contribution is 0.343. The fourth-order valence-electron chi connectivity index (χ4n) is 0.362. The van der Waals surface area contributed by atoms with Crippen molar-refractivity contribution in [1.82, 2.24) is 0 Å². The molecule has 0 radical (unpaired) electrons. The molecule has 0 saturated heterocycles. The first kappa shape index (κ1) is 8.48. The van der Waals surface area contributed by atoms with E-state index in [0.29, 0.717) is 0 Å². The van der Waals surface area contributed by atoms with Gasteiger partial charge in [-0.1, -0.05) is 20.8 Å². The van der Waals surface area contributed by atoms with Crippen LogP contribution in [0.15, 0.2) is 17.9 Å². The Kier molecular flexibility index (Phi) is 3.29. The monoisotopic (exact) mass is 126 g/mol. The van der Waals surface area contributed by atoms with Gasteiger partial charge < -0.3 is 5.11 Å². The van der Waals surface area contributed by atoms with E-state index in [1.165, 1.54) is 0 Å². The zero-order valence-electron chi connectivity index (χ0n) is 6.31. The molecule has 52 valence electrons. The Morgan fingerprint density at radius 1 is 1.44 bits per heavy atom. The van der Waals surface area contributed by atoms with Crippen molar-refractivity contribution in [1.29, 1.82) is 0 Å². The second kappa shape index (κ2) is 3.49. The maximum atomic E-state index is 8.33. The zero-order chi connectivity index (χ0) is 7.33. The Labute approximate surface area is 56.7 Å². The van der Waals surface area contributed by atoms with Crippen LogP contribution >= 0.6 is 0 Å². The van der Waals surface area contributed by atoms with Gasteiger partial charge in [0.25, 0.3) is 0 Å². The van der Waals surface area contributed by atoms with Crippen LogP contribution in [0.4, 0.5) is 0 Å². The quantitative estimate of drug-likeness (QED) is 0.530. The van der Waals surface area contributed by atoms with Crippen molar-refractivity contribution in [3.05, 3.63) is 17.9 Å². The van der Waals surface area contributed by atoms with Crippen molar-refractivity contribution < 1.29 is 5.11 Å². The lowest BCUT2D eigenvalue weighted by Crippen LogP contribution is -1.97. The van der Waals surface area contributed by atoms with Crippen LogP contribution in [0, 0.1) is 5.41 Å². The minimum Gasteiger partial charge on any atom is -0.392 e. The molecule has 1 N–H and O–H groups in total. The highest BCUT2D eigenvalue weighted by molar-refractivity contribution is 4.92. The average Bonchev–Trinajstić information content (AvgIpc) is 1.63. The second-order valence-corrected chi connectivity index (χ2v) is 3.06. The van der Waals surface area contributed by atoms with Crippen LogP contribution < -0.4 is 0 Å². The van der Waals surface area contributed by atoms with Gasteiger partial charge in [0.1, 0.15) is 0 Å². The molecule has 0 amide bonds. The van der Waals surface area contributed by atoms with Gasteiger partial charge in [-0.25, -0.2) is 0 Å². The summed E-state index contributed by atoms with van der Waals surface area (Å²) in [6, 6.07) is 0. The fourth-order valence-corrected chi connectivity index (χ4v) is 0.362. The standard InChI is InChI=1S/C8H14O/c1-8(2,3)6-4-5-7-9/h5-6,9H,7H2,1-3H3. The van der Waals surface area contributed by atoms with Gasteiger partial charge >= 0.3 is 0 Å². The molecule has 0 rings (SSSR count). The Morgan fingerprint density at radius 2 is 2.00 bits per heavy atom. The van der Waals surface area contributed by atoms with E-state index >= 15 is 0 Å². The number of aliphatic hydroxyl groups is 1. The number of hydrogen-bond acceptors (Lipinski definition) is 1. The Morgan fingerprint density at radius 3 is 2.33 bits per heavy atom. The molecular weight excluding hydrogens is 112 g/mol. The normalized spacial score (nSPS) is 10.2. The molecule has 0 aliphatic rings. The maximum Gasteiger partial charge on any atom is 0.0686 e. The molecule has 0 spiro atoms. The molecule has 0 aromatic heterocycles. The Balaban J connectivity index is 3.84. The molecule has 0 aromatic carbocycles. The van der Waals surface area contributed by atoms with Crippen LogP contribution in [0.1, 0.15) is 20.8 Å². The van der Waals surface area contributed by atoms with Crippen molar-refractivity contribution in [3.8, 4) is 0 Å². The number of hydrogen-bond donors (Lipinski definition) is 1. The van der Waals surface area contributed by atoms with E-state index in [2.05, 4.69) is 26.5 Å². The SMILES string of the molecule is CC(C)(C)C=C=CCO. The van der Waals surface area contributed by atoms with Crippen LogP contribution in [0.5, 0.6) is 0 Å². The van der Waals surface area contributed by atoms with Gasteiger partial charge in [-0.3, -0.25) is 0 Å². The van der Waals surface area contributed by atoms with E-state index in [9.17, 15) is 0 Å². The largest absolute Gasteiger partial charge is 0.392 e. The van der Waals surface area contributed by atoms with Gasteiger partial charge in [0.2, 0.25) is 0 Å². The van der Waals surface area contributed by atoms with Crippen LogP contribution in [0.2, 0.25) is 0 Å². The van der Waals surface area contributed by atoms with E-state index in [4.69, 9.17) is 5.11 Å². The smallest absolute Gasteiger partial charge is 0.0686 e. The summed E-state index contributed by atoms with van der Waals surface area (Å²) in [7, 11) is 0. The zero-order valence-corrected chi connectivity index (χ0v) is 6.31. The van der Waals surface area contributed by atoms with E-state index in [1.807, 2.05) is 6.08 Å². The van der Waals surface area contributed by atoms with Crippen molar-refractivity contribution >= 4 is 0 Å². The van der Waals surface area contributed by atoms with E-state index < -0.39 is 0 Å². The van der Waals surface area contributed by atoms with Crippen LogP contribution in [-0.4, -0.2) is 11.7 Å². The summed E-state index contributed by atoms with van der Waals surface area (Å²) in [5, 5.41) is 8.33. The minimum absolute atomic E-state index is 0.0760. The fraction of sp³-hybridized carbons (Fsp3) is 0.625. The topological polar surface area (TPSA) is 20.2 Å². The van der Waals surface area contributed by atoms with Gasteiger partial charge in [0.05, 0.1) is 6.61 Å². The first-order chi connectivity index (χ1) is 4.06. The molecular formula is C8H14O. The van der Waals surface area contributed by atoms with Crippen molar-refractivity contribution in [2.75, 3.05) is 6.61 Å². The molecule has 9 heavy (non-hydrogen) atoms. The van der Waals surface area contributed by atoms with Crippen LogP contribution in [0.3, 0.4) is 0 Å². The summed E-state index contributed by atoms with van der Waals surface area (Å²) < 4.78 is 0. The molecule has 0 heterocycles. The van der Waals surface area contributed by atoms with Gasteiger partial charge in [-0.15, -0.1) is 5.73 Å². The van der Waals surface area contributed by atoms with Crippen LogP contribution in [-0.2, 0) is 0 Å². The summed E-state index contributed by atoms with van der Waals surface area (Å²) in [4.78, 5) is 0. The van der Waals surface area contributed by atoms with Gasteiger partial charge in [-0.2, -0.15) is 0 Å². The second-order valence-electron chi connectivity index (χ2n) is 3.06. The molecule has 1 heteroatoms. The predicted octanol–water partition coefficient (Wildman–Crippen LogP) is 1.74. The van der Waals surface area contributed by atoms with Gasteiger partial charge in [-0.05, 0) is 17.6 Å². The predicted molar refractivity (Wildman–Crippen MR) is 39.2 cm³/mol. The third-order valence-electron chi connectivity index (χ3n) is 0.725. The first-order valence-electron chi connectivity index (χ1n) is 3.09. The summed E-state index contributed by atoms with van der Waals surface area (Å²) in [6.07, 6.45) is 3.54. The van der Waals surface area contributed by atoms with Crippen molar-refractivity contribution in [2.45, 2.75) is 20.8 Å². The molecule has 1 nitrogen and oxygen atoms in total. The first-order valence-corrected chi connectivity index (χ1v) is 3.09. The maximum absolute atomic E-state index is 8.33. The van der Waals surface area contributed by atoms with E-state index in [1.54, 1.807) is 6.08 Å². The lowest BCUT2D eigenvalue weighted by Gasteiger charge is -2.08. The van der Waals surface area contributed by atoms with Crippen LogP contribution in [0.25, 0.3) is 0 Å². The highest BCUT2D eigenvalue weighted by atomic mass is 16.2. The van der Waals surface area contributed by atoms with Crippen molar-refractivity contribution in [2.24, 2.45) is 5.41 Å². The van der Waals surface area contributed by atoms with Gasteiger partial charge in [0, 0.05) is 0 Å². The molecule has 0 aromatic rings. The minimum atomic E-state index is 0.0760. The molecule has 0 saturated carbocycles. The average molecular weight is 126 g/mol. The number of rotatable bonds is 1. The molecule has 0 fully saturated rings. The van der Waals surface area contributed by atoms with Gasteiger partial charge in [0.15, 0.2) is 0 Å². The summed E-state index contributed by atoms with van der Waals surface area (Å²) >= 11 is 0. The summed E-state index contributed by atoms with van der Waals surface area (Å²) in [6.45, 7) is 6.34. The Bertz CT molecular complexity index is 122. The van der Waals surface area contributed by atoms with E-state index in [-0.39, 0.29) is 12.0 Å². The molecule has 0 aliphatic heterocycles. The molecule has 0 aliphatic carbocycles. The summed E-state index contributed by atoms with van der Waals surface area (Å²) in [5.41, 5.74) is 3.05. The highest BCUT2D eigenvalue weighted by Gasteiger charge is 2.01. The number of aliphatic hydroxyl groups excluding tert-OH is 1. The lowest BCUT2D eigenvalue weighted by atomic mass is 9.97. The highest BCUT2D eigenvalue weighted by Crippen LogP contribution is 2.12. The third kappa shape index (κ3) is 7.48. The molecule has 0 bridgehead atoms. The molecule has 0 unspecified atom stereocenters. The van der Waals surface area contributed by atoms with Crippen molar-refractivity contribution in [3.63, 3.8) is 0 Å². The van der Waals surface area contributed by atoms with E-state index in [0.717, 1.165) is 0 Å².